The molecule has 3 amide bonds. The average molecular weight is 524 g/mol. The number of amides is 3. The zero-order valence-electron chi connectivity index (χ0n) is 18.6. The first-order chi connectivity index (χ1) is 16.6. The second kappa shape index (κ2) is 10.2. The van der Waals surface area contributed by atoms with E-state index < -0.39 is 39.8 Å². The predicted molar refractivity (Wildman–Crippen MR) is 128 cm³/mol. The molecule has 186 valence electrons. The number of urea groups is 1. The van der Waals surface area contributed by atoms with E-state index in [1.54, 1.807) is 23.7 Å². The summed E-state index contributed by atoms with van der Waals surface area (Å²) in [6.07, 6.45) is 1.95. The van der Waals surface area contributed by atoms with Crippen LogP contribution >= 0.6 is 11.3 Å². The van der Waals surface area contributed by atoms with Crippen LogP contribution in [0.25, 0.3) is 10.2 Å². The van der Waals surface area contributed by atoms with E-state index in [0.29, 0.717) is 30.1 Å². The number of nitrogens with one attached hydrogen (secondary N) is 3. The standard InChI is InChI=1S/C22H23F2N5O4S2/c1-29(17-5-6-20-18(11-17)25-12-34-20)21(30)19(9-13-7-14(23)10-15(24)8-13)26-22(31)28-35(32,33)27-16-3-2-4-16/h5-8,10-12,16,19,27H,2-4,9H2,1H3,(H2,26,28,31)/t19-/m0/s1. The average Bonchev–Trinajstić information content (AvgIpc) is 3.22. The Hall–Kier alpha value is -3.16. The fourth-order valence-electron chi connectivity index (χ4n) is 3.67. The fourth-order valence-corrected chi connectivity index (χ4v) is 5.36. The molecular weight excluding hydrogens is 500 g/mol. The third kappa shape index (κ3) is 6.29. The van der Waals surface area contributed by atoms with Crippen molar-refractivity contribution in [2.75, 3.05) is 11.9 Å². The van der Waals surface area contributed by atoms with Gasteiger partial charge >= 0.3 is 16.2 Å². The molecule has 4 rings (SSSR count). The third-order valence-electron chi connectivity index (χ3n) is 5.65. The topological polar surface area (TPSA) is 121 Å². The van der Waals surface area contributed by atoms with Gasteiger partial charge in [0.05, 0.1) is 15.7 Å². The van der Waals surface area contributed by atoms with Gasteiger partial charge in [0.1, 0.15) is 17.7 Å². The quantitative estimate of drug-likeness (QED) is 0.419. The second-order valence-electron chi connectivity index (χ2n) is 8.26. The Morgan fingerprint density at radius 2 is 1.89 bits per heavy atom. The number of rotatable bonds is 8. The van der Waals surface area contributed by atoms with E-state index in [4.69, 9.17) is 0 Å². The molecule has 0 bridgehead atoms. The van der Waals surface area contributed by atoms with Gasteiger partial charge in [-0.15, -0.1) is 11.3 Å². The maximum absolute atomic E-state index is 13.7. The Kier molecular flexibility index (Phi) is 7.28. The summed E-state index contributed by atoms with van der Waals surface area (Å²) in [5, 5.41) is 2.33. The van der Waals surface area contributed by atoms with Crippen LogP contribution in [0.15, 0.2) is 41.9 Å². The lowest BCUT2D eigenvalue weighted by Gasteiger charge is -2.27. The van der Waals surface area contributed by atoms with Gasteiger partial charge in [0.15, 0.2) is 0 Å². The summed E-state index contributed by atoms with van der Waals surface area (Å²) in [4.78, 5) is 31.3. The van der Waals surface area contributed by atoms with Crippen LogP contribution in [0, 0.1) is 11.6 Å². The second-order valence-corrected chi connectivity index (χ2v) is 10.6. The van der Waals surface area contributed by atoms with Crippen LogP contribution in [0.4, 0.5) is 19.3 Å². The first-order valence-corrected chi connectivity index (χ1v) is 13.1. The molecule has 0 saturated heterocycles. The number of aromatic nitrogens is 1. The molecule has 1 saturated carbocycles. The van der Waals surface area contributed by atoms with Crippen molar-refractivity contribution >= 4 is 49.4 Å². The largest absolute Gasteiger partial charge is 0.330 e. The monoisotopic (exact) mass is 523 g/mol. The SMILES string of the molecule is CN(C(=O)[C@H](Cc1cc(F)cc(F)c1)NC(=O)NS(=O)(=O)NC1CCC1)c1ccc2scnc2c1. The van der Waals surface area contributed by atoms with Crippen LogP contribution in [0.1, 0.15) is 24.8 Å². The normalized spacial score (nSPS) is 14.8. The van der Waals surface area contributed by atoms with Crippen LogP contribution in [0.5, 0.6) is 0 Å². The third-order valence-corrected chi connectivity index (χ3v) is 7.56. The van der Waals surface area contributed by atoms with Crippen LogP contribution in [0.3, 0.4) is 0 Å². The van der Waals surface area contributed by atoms with Gasteiger partial charge in [-0.25, -0.2) is 23.3 Å². The predicted octanol–water partition coefficient (Wildman–Crippen LogP) is 2.83. The van der Waals surface area contributed by atoms with E-state index in [2.05, 4.69) is 15.0 Å². The van der Waals surface area contributed by atoms with Gasteiger partial charge < -0.3 is 10.2 Å². The minimum atomic E-state index is -4.15. The molecule has 0 radical (unpaired) electrons. The fraction of sp³-hybridized carbons (Fsp3) is 0.318. The van der Waals surface area contributed by atoms with Gasteiger partial charge in [-0.2, -0.15) is 13.1 Å². The summed E-state index contributed by atoms with van der Waals surface area (Å²) in [7, 11) is -2.68. The Morgan fingerprint density at radius 1 is 1.17 bits per heavy atom. The number of anilines is 1. The van der Waals surface area contributed by atoms with Crippen molar-refractivity contribution in [1.82, 2.24) is 19.7 Å². The summed E-state index contributed by atoms with van der Waals surface area (Å²) in [5.74, 6) is -2.31. The van der Waals surface area contributed by atoms with E-state index in [-0.39, 0.29) is 18.0 Å². The molecule has 1 aliphatic carbocycles. The van der Waals surface area contributed by atoms with Gasteiger partial charge in [0.2, 0.25) is 5.91 Å². The molecule has 1 aromatic heterocycles. The molecule has 35 heavy (non-hydrogen) atoms. The molecule has 1 heterocycles. The molecule has 1 atom stereocenters. The molecule has 2 aromatic carbocycles. The Balaban J connectivity index is 1.54. The van der Waals surface area contributed by atoms with Crippen molar-refractivity contribution in [2.45, 2.75) is 37.8 Å². The van der Waals surface area contributed by atoms with E-state index in [1.165, 1.54) is 23.3 Å². The molecule has 0 unspecified atom stereocenters. The molecule has 3 N–H and O–H groups in total. The summed E-state index contributed by atoms with van der Waals surface area (Å²) in [6, 6.07) is 5.23. The van der Waals surface area contributed by atoms with Gasteiger partial charge in [-0.3, -0.25) is 4.79 Å². The number of halogens is 2. The minimum Gasteiger partial charge on any atom is -0.325 e. The highest BCUT2D eigenvalue weighted by atomic mass is 32.2. The highest BCUT2D eigenvalue weighted by Gasteiger charge is 2.29. The van der Waals surface area contributed by atoms with Gasteiger partial charge in [0, 0.05) is 31.3 Å². The van der Waals surface area contributed by atoms with Crippen molar-refractivity contribution in [3.63, 3.8) is 0 Å². The van der Waals surface area contributed by atoms with Crippen molar-refractivity contribution in [3.8, 4) is 0 Å². The molecule has 1 aliphatic rings. The number of carbonyl (C=O) groups excluding carboxylic acids is 2. The Morgan fingerprint density at radius 3 is 2.54 bits per heavy atom. The van der Waals surface area contributed by atoms with Crippen LogP contribution < -0.4 is 19.7 Å². The van der Waals surface area contributed by atoms with Gasteiger partial charge in [-0.05, 0) is 48.7 Å². The lowest BCUT2D eigenvalue weighted by atomic mass is 9.94. The van der Waals surface area contributed by atoms with Gasteiger partial charge in [0.25, 0.3) is 0 Å². The summed E-state index contributed by atoms with van der Waals surface area (Å²) >= 11 is 1.44. The number of thiazole rings is 1. The van der Waals surface area contributed by atoms with Crippen LogP contribution in [0.2, 0.25) is 0 Å². The molecule has 0 spiro atoms. The molecule has 1 fully saturated rings. The first kappa shape index (κ1) is 24.9. The summed E-state index contributed by atoms with van der Waals surface area (Å²) < 4.78 is 57.0. The minimum absolute atomic E-state index is 0.111. The van der Waals surface area contributed by atoms with Crippen molar-refractivity contribution in [2.24, 2.45) is 0 Å². The smallest absolute Gasteiger partial charge is 0.325 e. The van der Waals surface area contributed by atoms with Crippen molar-refractivity contribution < 1.29 is 26.8 Å². The number of nitrogens with zero attached hydrogens (tertiary/aromatic N) is 2. The number of likely N-dealkylation sites (N-methyl/N-ethyl adjacent to an activating group) is 1. The van der Waals surface area contributed by atoms with E-state index >= 15 is 0 Å². The lowest BCUT2D eigenvalue weighted by Crippen LogP contribution is -2.55. The number of hydrogen-bond donors (Lipinski definition) is 3. The first-order valence-electron chi connectivity index (χ1n) is 10.8. The van der Waals surface area contributed by atoms with Gasteiger partial charge in [-0.1, -0.05) is 6.42 Å². The van der Waals surface area contributed by atoms with Crippen LogP contribution in [-0.4, -0.2) is 44.5 Å². The number of benzene rings is 2. The highest BCUT2D eigenvalue weighted by Crippen LogP contribution is 2.24. The van der Waals surface area contributed by atoms with E-state index in [9.17, 15) is 26.8 Å². The summed E-state index contributed by atoms with van der Waals surface area (Å²) in [6.45, 7) is 0. The number of hydrogen-bond acceptors (Lipinski definition) is 6. The molecule has 0 aliphatic heterocycles. The highest BCUT2D eigenvalue weighted by molar-refractivity contribution is 7.88. The maximum atomic E-state index is 13.7. The van der Waals surface area contributed by atoms with Crippen LogP contribution in [-0.2, 0) is 21.4 Å². The zero-order chi connectivity index (χ0) is 25.2. The molecular formula is C22H23F2N5O4S2. The Labute approximate surface area is 204 Å². The van der Waals surface area contributed by atoms with Crippen molar-refractivity contribution in [1.29, 1.82) is 0 Å². The molecule has 3 aromatic rings. The summed E-state index contributed by atoms with van der Waals surface area (Å²) in [5.41, 5.74) is 2.93. The number of carbonyl (C=O) groups is 2. The van der Waals surface area contributed by atoms with E-state index in [1.807, 2.05) is 4.72 Å². The zero-order valence-corrected chi connectivity index (χ0v) is 20.3. The van der Waals surface area contributed by atoms with Crippen molar-refractivity contribution in [3.05, 3.63) is 59.1 Å². The molecule has 9 nitrogen and oxygen atoms in total. The Bertz CT molecular complexity index is 1340. The van der Waals surface area contributed by atoms with E-state index in [0.717, 1.165) is 23.3 Å². The number of fused-ring (bicyclic) bond motifs is 1. The lowest BCUT2D eigenvalue weighted by molar-refractivity contribution is -0.120. The maximum Gasteiger partial charge on any atom is 0.330 e. The molecule has 13 heteroatoms.